The Morgan fingerprint density at radius 3 is 2.50 bits per heavy atom. The Balaban J connectivity index is 2.52. The van der Waals surface area contributed by atoms with Gasteiger partial charge in [0.25, 0.3) is 0 Å². The monoisotopic (exact) mass is 248 g/mol. The molecule has 0 heterocycles. The van der Waals surface area contributed by atoms with E-state index >= 15 is 0 Å². The third kappa shape index (κ3) is 4.88. The van der Waals surface area contributed by atoms with E-state index in [1.54, 1.807) is 0 Å². The van der Waals surface area contributed by atoms with Crippen molar-refractivity contribution >= 4 is 5.91 Å². The van der Waals surface area contributed by atoms with Crippen LogP contribution in [-0.2, 0) is 4.79 Å². The van der Waals surface area contributed by atoms with Crippen LogP contribution in [0, 0.1) is 0 Å². The van der Waals surface area contributed by atoms with Crippen LogP contribution in [0.5, 0.6) is 0 Å². The van der Waals surface area contributed by atoms with E-state index in [1.807, 2.05) is 32.3 Å². The van der Waals surface area contributed by atoms with E-state index in [2.05, 4.69) is 29.3 Å². The maximum atomic E-state index is 11.6. The van der Waals surface area contributed by atoms with Gasteiger partial charge in [-0.3, -0.25) is 4.79 Å². The lowest BCUT2D eigenvalue weighted by Crippen LogP contribution is -2.34. The second-order valence-electron chi connectivity index (χ2n) is 4.80. The van der Waals surface area contributed by atoms with Crippen LogP contribution in [0.4, 0.5) is 0 Å². The Bertz CT molecular complexity index is 349. The van der Waals surface area contributed by atoms with Crippen molar-refractivity contribution in [2.75, 3.05) is 20.6 Å². The Kier molecular flexibility index (Phi) is 6.44. The summed E-state index contributed by atoms with van der Waals surface area (Å²) < 4.78 is 0. The molecule has 100 valence electrons. The van der Waals surface area contributed by atoms with Gasteiger partial charge in [-0.25, -0.2) is 0 Å². The van der Waals surface area contributed by atoms with Crippen molar-refractivity contribution in [3.05, 3.63) is 35.9 Å². The number of likely N-dealkylation sites (N-methyl/N-ethyl adjacent to an activating group) is 1. The lowest BCUT2D eigenvalue weighted by molar-refractivity contribution is -0.121. The molecule has 0 saturated carbocycles. The van der Waals surface area contributed by atoms with Crippen LogP contribution >= 0.6 is 0 Å². The van der Waals surface area contributed by atoms with E-state index in [0.717, 1.165) is 12.8 Å². The first-order chi connectivity index (χ1) is 8.65. The fraction of sp³-hybridized carbons (Fsp3) is 0.533. The minimum atomic E-state index is 0.152. The molecule has 1 aromatic rings. The molecule has 3 nitrogen and oxygen atoms in total. The standard InChI is InChI=1S/C15H24N2O/c1-4-5-11-15(18)16-12-14(17(2)3)13-9-7-6-8-10-13/h6-10,14H,4-5,11-12H2,1-3H3,(H,16,18). The van der Waals surface area contributed by atoms with Crippen molar-refractivity contribution in [3.63, 3.8) is 0 Å². The second-order valence-corrected chi connectivity index (χ2v) is 4.80. The number of unbranched alkanes of at least 4 members (excludes halogenated alkanes) is 1. The van der Waals surface area contributed by atoms with E-state index < -0.39 is 0 Å². The smallest absolute Gasteiger partial charge is 0.220 e. The minimum absolute atomic E-state index is 0.152. The molecule has 1 unspecified atom stereocenters. The van der Waals surface area contributed by atoms with Gasteiger partial charge in [0, 0.05) is 13.0 Å². The number of rotatable bonds is 7. The molecule has 1 aromatic carbocycles. The fourth-order valence-corrected chi connectivity index (χ4v) is 1.91. The van der Waals surface area contributed by atoms with Crippen molar-refractivity contribution < 1.29 is 4.79 Å². The van der Waals surface area contributed by atoms with Crippen LogP contribution < -0.4 is 5.32 Å². The van der Waals surface area contributed by atoms with Gasteiger partial charge in [-0.1, -0.05) is 43.7 Å². The molecular weight excluding hydrogens is 224 g/mol. The van der Waals surface area contributed by atoms with Gasteiger partial charge in [-0.2, -0.15) is 0 Å². The summed E-state index contributed by atoms with van der Waals surface area (Å²) >= 11 is 0. The first-order valence-electron chi connectivity index (χ1n) is 6.63. The molecule has 1 rings (SSSR count). The van der Waals surface area contributed by atoms with Gasteiger partial charge in [0.2, 0.25) is 5.91 Å². The van der Waals surface area contributed by atoms with Crippen molar-refractivity contribution in [1.29, 1.82) is 0 Å². The zero-order chi connectivity index (χ0) is 13.4. The van der Waals surface area contributed by atoms with Gasteiger partial charge in [-0.15, -0.1) is 0 Å². The van der Waals surface area contributed by atoms with Gasteiger partial charge < -0.3 is 10.2 Å². The third-order valence-electron chi connectivity index (χ3n) is 3.06. The van der Waals surface area contributed by atoms with E-state index in [1.165, 1.54) is 5.56 Å². The van der Waals surface area contributed by atoms with Gasteiger partial charge in [0.1, 0.15) is 0 Å². The van der Waals surface area contributed by atoms with E-state index in [0.29, 0.717) is 13.0 Å². The fourth-order valence-electron chi connectivity index (χ4n) is 1.91. The molecule has 1 N–H and O–H groups in total. The summed E-state index contributed by atoms with van der Waals surface area (Å²) in [4.78, 5) is 13.8. The van der Waals surface area contributed by atoms with Crippen molar-refractivity contribution in [1.82, 2.24) is 10.2 Å². The average molecular weight is 248 g/mol. The molecule has 0 saturated heterocycles. The Labute approximate surface area is 110 Å². The predicted molar refractivity (Wildman–Crippen MR) is 75.4 cm³/mol. The summed E-state index contributed by atoms with van der Waals surface area (Å²) in [6, 6.07) is 10.5. The summed E-state index contributed by atoms with van der Waals surface area (Å²) in [5, 5.41) is 3.02. The van der Waals surface area contributed by atoms with Crippen LogP contribution in [0.25, 0.3) is 0 Å². The molecule has 18 heavy (non-hydrogen) atoms. The van der Waals surface area contributed by atoms with Crippen molar-refractivity contribution in [2.45, 2.75) is 32.2 Å². The number of amides is 1. The van der Waals surface area contributed by atoms with Crippen LogP contribution in [0.2, 0.25) is 0 Å². The SMILES string of the molecule is CCCCC(=O)NCC(c1ccccc1)N(C)C. The summed E-state index contributed by atoms with van der Waals surface area (Å²) in [6.07, 6.45) is 2.65. The Morgan fingerprint density at radius 2 is 1.94 bits per heavy atom. The van der Waals surface area contributed by atoms with E-state index in [9.17, 15) is 4.79 Å². The maximum Gasteiger partial charge on any atom is 0.220 e. The first-order valence-corrected chi connectivity index (χ1v) is 6.63. The molecule has 0 fully saturated rings. The van der Waals surface area contributed by atoms with Crippen LogP contribution in [-0.4, -0.2) is 31.4 Å². The highest BCUT2D eigenvalue weighted by Gasteiger charge is 2.14. The highest BCUT2D eigenvalue weighted by molar-refractivity contribution is 5.75. The number of nitrogens with one attached hydrogen (secondary N) is 1. The molecule has 1 atom stereocenters. The third-order valence-corrected chi connectivity index (χ3v) is 3.06. The van der Waals surface area contributed by atoms with Crippen molar-refractivity contribution in [3.8, 4) is 0 Å². The summed E-state index contributed by atoms with van der Waals surface area (Å²) in [5.41, 5.74) is 1.23. The van der Waals surface area contributed by atoms with Gasteiger partial charge in [0.15, 0.2) is 0 Å². The summed E-state index contributed by atoms with van der Waals surface area (Å²) in [5.74, 6) is 0.152. The first kappa shape index (κ1) is 14.7. The van der Waals surface area contributed by atoms with Gasteiger partial charge in [0.05, 0.1) is 6.04 Å². The lowest BCUT2D eigenvalue weighted by Gasteiger charge is -2.25. The normalized spacial score (nSPS) is 12.4. The van der Waals surface area contributed by atoms with E-state index in [-0.39, 0.29) is 11.9 Å². The highest BCUT2D eigenvalue weighted by atomic mass is 16.1. The molecular formula is C15H24N2O. The average Bonchev–Trinajstić information content (AvgIpc) is 2.37. The van der Waals surface area contributed by atoms with E-state index in [4.69, 9.17) is 0 Å². The molecule has 0 spiro atoms. The number of hydrogen-bond acceptors (Lipinski definition) is 2. The predicted octanol–water partition coefficient (Wildman–Crippen LogP) is 2.60. The highest BCUT2D eigenvalue weighted by Crippen LogP contribution is 2.16. The number of carbonyl (C=O) groups is 1. The topological polar surface area (TPSA) is 32.3 Å². The number of benzene rings is 1. The quantitative estimate of drug-likeness (QED) is 0.804. The van der Waals surface area contributed by atoms with Crippen LogP contribution in [0.15, 0.2) is 30.3 Å². The number of carbonyl (C=O) groups excluding carboxylic acids is 1. The zero-order valence-corrected chi connectivity index (χ0v) is 11.6. The van der Waals surface area contributed by atoms with Crippen LogP contribution in [0.3, 0.4) is 0 Å². The molecule has 3 heteroatoms. The molecule has 1 amide bonds. The second kappa shape index (κ2) is 7.88. The number of hydrogen-bond donors (Lipinski definition) is 1. The molecule has 0 aliphatic carbocycles. The van der Waals surface area contributed by atoms with Crippen molar-refractivity contribution in [2.24, 2.45) is 0 Å². The lowest BCUT2D eigenvalue weighted by atomic mass is 10.1. The Hall–Kier alpha value is -1.35. The summed E-state index contributed by atoms with van der Waals surface area (Å²) in [6.45, 7) is 2.76. The largest absolute Gasteiger partial charge is 0.354 e. The molecule has 0 aliphatic rings. The zero-order valence-electron chi connectivity index (χ0n) is 11.6. The maximum absolute atomic E-state index is 11.6. The summed E-state index contributed by atoms with van der Waals surface area (Å²) in [7, 11) is 4.08. The number of nitrogens with zero attached hydrogens (tertiary/aromatic N) is 1. The van der Waals surface area contributed by atoms with Crippen LogP contribution in [0.1, 0.15) is 37.8 Å². The van der Waals surface area contributed by atoms with Gasteiger partial charge >= 0.3 is 0 Å². The molecule has 0 radical (unpaired) electrons. The Morgan fingerprint density at radius 1 is 1.28 bits per heavy atom. The van der Waals surface area contributed by atoms with Gasteiger partial charge in [-0.05, 0) is 26.1 Å². The molecule has 0 aromatic heterocycles. The molecule has 0 bridgehead atoms. The minimum Gasteiger partial charge on any atom is -0.354 e. The molecule has 0 aliphatic heterocycles.